The summed E-state index contributed by atoms with van der Waals surface area (Å²) in [6, 6.07) is 14.2. The molecule has 0 bridgehead atoms. The normalized spacial score (nSPS) is 12.9. The standard InChI is InChI=1S/C22H28N2O5/c1-3-27-19(13-15-8-10-17(23)11-9-15)21(25)29-22(26)20(28-4-2)14-16-6-5-7-18(24)12-16/h5-12,19-20H,3-4,13-14,23-24H2,1-2H3. The molecule has 0 aromatic heterocycles. The summed E-state index contributed by atoms with van der Waals surface area (Å²) in [5.41, 5.74) is 14.3. The number of hydrogen-bond acceptors (Lipinski definition) is 7. The molecule has 0 aliphatic heterocycles. The van der Waals surface area contributed by atoms with Crippen molar-refractivity contribution >= 4 is 23.3 Å². The van der Waals surface area contributed by atoms with Crippen LogP contribution in [0.25, 0.3) is 0 Å². The SMILES string of the molecule is CCOC(Cc1ccc(N)cc1)C(=O)OC(=O)C(Cc1cccc(N)c1)OCC. The van der Waals surface area contributed by atoms with Crippen molar-refractivity contribution in [3.8, 4) is 0 Å². The second-order valence-corrected chi connectivity index (χ2v) is 6.52. The van der Waals surface area contributed by atoms with Crippen LogP contribution in [0.4, 0.5) is 11.4 Å². The Labute approximate surface area is 170 Å². The zero-order valence-corrected chi connectivity index (χ0v) is 16.8. The fourth-order valence-corrected chi connectivity index (χ4v) is 2.86. The van der Waals surface area contributed by atoms with Crippen LogP contribution in [0.2, 0.25) is 0 Å². The van der Waals surface area contributed by atoms with E-state index in [0.717, 1.165) is 11.1 Å². The number of esters is 2. The molecule has 0 fully saturated rings. The van der Waals surface area contributed by atoms with Gasteiger partial charge in [0, 0.05) is 37.4 Å². The van der Waals surface area contributed by atoms with E-state index >= 15 is 0 Å². The molecule has 156 valence electrons. The molecule has 0 radical (unpaired) electrons. The van der Waals surface area contributed by atoms with Gasteiger partial charge in [-0.15, -0.1) is 0 Å². The van der Waals surface area contributed by atoms with Crippen molar-refractivity contribution < 1.29 is 23.8 Å². The summed E-state index contributed by atoms with van der Waals surface area (Å²) in [6.07, 6.45) is -1.29. The Morgan fingerprint density at radius 1 is 0.793 bits per heavy atom. The molecule has 7 nitrogen and oxygen atoms in total. The first-order valence-corrected chi connectivity index (χ1v) is 9.60. The lowest BCUT2D eigenvalue weighted by Gasteiger charge is -2.19. The Bertz CT molecular complexity index is 807. The zero-order valence-electron chi connectivity index (χ0n) is 16.8. The maximum absolute atomic E-state index is 12.6. The molecule has 7 heteroatoms. The highest BCUT2D eigenvalue weighted by Gasteiger charge is 2.28. The molecule has 0 aliphatic carbocycles. The van der Waals surface area contributed by atoms with Crippen LogP contribution in [0.1, 0.15) is 25.0 Å². The predicted octanol–water partition coefficient (Wildman–Crippen LogP) is 2.52. The molecule has 2 atom stereocenters. The lowest BCUT2D eigenvalue weighted by atomic mass is 10.1. The molecule has 0 saturated carbocycles. The number of hydrogen-bond donors (Lipinski definition) is 2. The summed E-state index contributed by atoms with van der Waals surface area (Å²) < 4.78 is 16.1. The number of ether oxygens (including phenoxy) is 3. The van der Waals surface area contributed by atoms with Gasteiger partial charge < -0.3 is 25.7 Å². The smallest absolute Gasteiger partial charge is 0.343 e. The van der Waals surface area contributed by atoms with Gasteiger partial charge in [0.25, 0.3) is 0 Å². The molecule has 2 unspecified atom stereocenters. The first kappa shape index (κ1) is 22.4. The molecule has 0 spiro atoms. The maximum Gasteiger partial charge on any atom is 0.343 e. The Hall–Kier alpha value is -2.90. The van der Waals surface area contributed by atoms with Crippen LogP contribution in [0, 0.1) is 0 Å². The third-order valence-corrected chi connectivity index (χ3v) is 4.24. The Morgan fingerprint density at radius 3 is 1.86 bits per heavy atom. The third-order valence-electron chi connectivity index (χ3n) is 4.24. The van der Waals surface area contributed by atoms with Crippen molar-refractivity contribution in [3.63, 3.8) is 0 Å². The van der Waals surface area contributed by atoms with E-state index in [0.29, 0.717) is 24.6 Å². The van der Waals surface area contributed by atoms with Crippen molar-refractivity contribution in [1.29, 1.82) is 0 Å². The number of anilines is 2. The highest BCUT2D eigenvalue weighted by Crippen LogP contribution is 2.14. The number of nitrogens with two attached hydrogens (primary N) is 2. The molecule has 2 aromatic carbocycles. The minimum Gasteiger partial charge on any atom is -0.399 e. The van der Waals surface area contributed by atoms with Crippen molar-refractivity contribution in [2.75, 3.05) is 24.7 Å². The van der Waals surface area contributed by atoms with Crippen LogP contribution in [-0.4, -0.2) is 37.4 Å². The maximum atomic E-state index is 12.6. The average Bonchev–Trinajstić information content (AvgIpc) is 2.69. The highest BCUT2D eigenvalue weighted by atomic mass is 16.6. The van der Waals surface area contributed by atoms with Crippen LogP contribution in [-0.2, 0) is 36.6 Å². The molecule has 2 aromatic rings. The van der Waals surface area contributed by atoms with E-state index < -0.39 is 24.1 Å². The number of carbonyl (C=O) groups is 2. The van der Waals surface area contributed by atoms with E-state index in [4.69, 9.17) is 25.7 Å². The van der Waals surface area contributed by atoms with E-state index in [9.17, 15) is 9.59 Å². The van der Waals surface area contributed by atoms with Gasteiger partial charge >= 0.3 is 11.9 Å². The van der Waals surface area contributed by atoms with Crippen LogP contribution >= 0.6 is 0 Å². The van der Waals surface area contributed by atoms with Gasteiger partial charge in [0.05, 0.1) is 0 Å². The molecule has 0 heterocycles. The van der Waals surface area contributed by atoms with Gasteiger partial charge in [-0.1, -0.05) is 24.3 Å². The second kappa shape index (κ2) is 11.2. The zero-order chi connectivity index (χ0) is 21.2. The Kier molecular flexibility index (Phi) is 8.64. The van der Waals surface area contributed by atoms with Gasteiger partial charge in [-0.2, -0.15) is 0 Å². The average molecular weight is 400 g/mol. The van der Waals surface area contributed by atoms with Crippen molar-refractivity contribution in [2.45, 2.75) is 38.9 Å². The van der Waals surface area contributed by atoms with Crippen molar-refractivity contribution in [2.24, 2.45) is 0 Å². The monoisotopic (exact) mass is 400 g/mol. The van der Waals surface area contributed by atoms with Gasteiger partial charge in [-0.05, 0) is 49.2 Å². The molecular weight excluding hydrogens is 372 g/mol. The summed E-state index contributed by atoms with van der Waals surface area (Å²) >= 11 is 0. The number of nitrogen functional groups attached to an aromatic ring is 2. The third kappa shape index (κ3) is 7.21. The second-order valence-electron chi connectivity index (χ2n) is 6.52. The molecule has 0 aliphatic rings. The molecule has 0 amide bonds. The molecule has 0 saturated heterocycles. The summed E-state index contributed by atoms with van der Waals surface area (Å²) in [5.74, 6) is -1.49. The first-order valence-electron chi connectivity index (χ1n) is 9.60. The van der Waals surface area contributed by atoms with Crippen LogP contribution in [0.15, 0.2) is 48.5 Å². The molecule has 29 heavy (non-hydrogen) atoms. The fraction of sp³-hybridized carbons (Fsp3) is 0.364. The first-order chi connectivity index (χ1) is 13.9. The fourth-order valence-electron chi connectivity index (χ4n) is 2.86. The van der Waals surface area contributed by atoms with Crippen molar-refractivity contribution in [3.05, 3.63) is 59.7 Å². The van der Waals surface area contributed by atoms with Crippen LogP contribution in [0.3, 0.4) is 0 Å². The summed E-state index contributed by atoms with van der Waals surface area (Å²) in [7, 11) is 0. The van der Waals surface area contributed by atoms with E-state index in [1.807, 2.05) is 6.07 Å². The lowest BCUT2D eigenvalue weighted by molar-refractivity contribution is -0.175. The van der Waals surface area contributed by atoms with Gasteiger partial charge in [-0.25, -0.2) is 9.59 Å². The number of benzene rings is 2. The lowest BCUT2D eigenvalue weighted by Crippen LogP contribution is -2.36. The van der Waals surface area contributed by atoms with E-state index in [2.05, 4.69) is 0 Å². The van der Waals surface area contributed by atoms with Crippen LogP contribution in [0.5, 0.6) is 0 Å². The topological polar surface area (TPSA) is 114 Å². The number of rotatable bonds is 10. The van der Waals surface area contributed by atoms with E-state index in [-0.39, 0.29) is 12.8 Å². The predicted molar refractivity (Wildman–Crippen MR) is 111 cm³/mol. The van der Waals surface area contributed by atoms with E-state index in [1.54, 1.807) is 56.3 Å². The van der Waals surface area contributed by atoms with E-state index in [1.165, 1.54) is 0 Å². The summed E-state index contributed by atoms with van der Waals surface area (Å²) in [6.45, 7) is 4.15. The number of carbonyl (C=O) groups excluding carboxylic acids is 2. The summed E-state index contributed by atoms with van der Waals surface area (Å²) in [5, 5.41) is 0. The van der Waals surface area contributed by atoms with Gasteiger partial charge in [0.2, 0.25) is 0 Å². The minimum atomic E-state index is -0.912. The van der Waals surface area contributed by atoms with Crippen LogP contribution < -0.4 is 11.5 Å². The minimum absolute atomic E-state index is 0.252. The molecule has 2 rings (SSSR count). The largest absolute Gasteiger partial charge is 0.399 e. The Morgan fingerprint density at radius 2 is 1.34 bits per heavy atom. The van der Waals surface area contributed by atoms with Gasteiger partial charge in [-0.3, -0.25) is 0 Å². The molecular formula is C22H28N2O5. The van der Waals surface area contributed by atoms with Gasteiger partial charge in [0.15, 0.2) is 12.2 Å². The molecule has 4 N–H and O–H groups in total. The quantitative estimate of drug-likeness (QED) is 0.358. The Balaban J connectivity index is 2.04. The van der Waals surface area contributed by atoms with Crippen molar-refractivity contribution in [1.82, 2.24) is 0 Å². The van der Waals surface area contributed by atoms with Gasteiger partial charge in [0.1, 0.15) is 0 Å². The highest BCUT2D eigenvalue weighted by molar-refractivity contribution is 5.90. The summed E-state index contributed by atoms with van der Waals surface area (Å²) in [4.78, 5) is 25.1.